The molecule has 2 unspecified atom stereocenters. The Morgan fingerprint density at radius 3 is 2.65 bits per heavy atom. The molecule has 1 heterocycles. The van der Waals surface area contributed by atoms with Crippen molar-refractivity contribution in [3.63, 3.8) is 0 Å². The summed E-state index contributed by atoms with van der Waals surface area (Å²) in [6, 6.07) is 8.49. The average molecular weight is 271 g/mol. The standard InChI is InChI=1S/C15H14FN3O/c1-15(2,10-3-5-11(16)6-4-10)14-18-13(20-19-14)12-7-9(12)8-17/h3-6,9,12H,7H2,1-2H3. The Hall–Kier alpha value is -2.22. The van der Waals surface area contributed by atoms with Crippen molar-refractivity contribution < 1.29 is 8.91 Å². The molecule has 1 saturated carbocycles. The molecule has 20 heavy (non-hydrogen) atoms. The molecule has 0 radical (unpaired) electrons. The van der Waals surface area contributed by atoms with Crippen LogP contribution in [-0.4, -0.2) is 10.1 Å². The smallest absolute Gasteiger partial charge is 0.231 e. The van der Waals surface area contributed by atoms with Crippen molar-refractivity contribution in [3.8, 4) is 6.07 Å². The summed E-state index contributed by atoms with van der Waals surface area (Å²) < 4.78 is 18.3. The minimum absolute atomic E-state index is 0.00256. The number of rotatable bonds is 3. The summed E-state index contributed by atoms with van der Waals surface area (Å²) in [7, 11) is 0. The first-order chi connectivity index (χ1) is 9.52. The number of aromatic nitrogens is 2. The molecule has 5 heteroatoms. The van der Waals surface area contributed by atoms with Gasteiger partial charge in [0, 0.05) is 0 Å². The fourth-order valence-electron chi connectivity index (χ4n) is 2.25. The molecule has 0 bridgehead atoms. The van der Waals surface area contributed by atoms with Crippen molar-refractivity contribution in [3.05, 3.63) is 47.4 Å². The lowest BCUT2D eigenvalue weighted by Crippen LogP contribution is -2.20. The van der Waals surface area contributed by atoms with Crippen molar-refractivity contribution in [2.75, 3.05) is 0 Å². The lowest BCUT2D eigenvalue weighted by Gasteiger charge is -2.20. The van der Waals surface area contributed by atoms with Crippen LogP contribution in [0.5, 0.6) is 0 Å². The second kappa shape index (κ2) is 4.41. The Kier molecular flexibility index (Phi) is 2.82. The van der Waals surface area contributed by atoms with Crippen LogP contribution in [0.1, 0.15) is 43.5 Å². The van der Waals surface area contributed by atoms with Gasteiger partial charge in [-0.05, 0) is 38.0 Å². The second-order valence-electron chi connectivity index (χ2n) is 5.67. The number of halogens is 1. The van der Waals surface area contributed by atoms with Gasteiger partial charge in [-0.15, -0.1) is 0 Å². The monoisotopic (exact) mass is 271 g/mol. The van der Waals surface area contributed by atoms with E-state index in [9.17, 15) is 4.39 Å². The van der Waals surface area contributed by atoms with Gasteiger partial charge in [-0.3, -0.25) is 0 Å². The molecule has 102 valence electrons. The van der Waals surface area contributed by atoms with Crippen LogP contribution in [0.2, 0.25) is 0 Å². The van der Waals surface area contributed by atoms with E-state index in [4.69, 9.17) is 9.78 Å². The zero-order chi connectivity index (χ0) is 14.3. The maximum atomic E-state index is 13.0. The molecule has 0 spiro atoms. The van der Waals surface area contributed by atoms with Gasteiger partial charge in [0.25, 0.3) is 0 Å². The van der Waals surface area contributed by atoms with Crippen LogP contribution in [0.3, 0.4) is 0 Å². The maximum absolute atomic E-state index is 13.0. The first-order valence-electron chi connectivity index (χ1n) is 6.52. The number of nitrogens with zero attached hydrogens (tertiary/aromatic N) is 3. The molecule has 0 amide bonds. The van der Waals surface area contributed by atoms with Crippen molar-refractivity contribution in [1.82, 2.24) is 10.1 Å². The highest BCUT2D eigenvalue weighted by atomic mass is 19.1. The molecular formula is C15H14FN3O. The van der Waals surface area contributed by atoms with Gasteiger partial charge >= 0.3 is 0 Å². The second-order valence-corrected chi connectivity index (χ2v) is 5.67. The van der Waals surface area contributed by atoms with Gasteiger partial charge in [0.1, 0.15) is 5.82 Å². The Morgan fingerprint density at radius 2 is 2.05 bits per heavy atom. The molecule has 1 aliphatic carbocycles. The quantitative estimate of drug-likeness (QED) is 0.860. The summed E-state index contributed by atoms with van der Waals surface area (Å²) in [5.41, 5.74) is 0.450. The van der Waals surface area contributed by atoms with Gasteiger partial charge in [-0.1, -0.05) is 17.3 Å². The summed E-state index contributed by atoms with van der Waals surface area (Å²) in [4.78, 5) is 4.42. The Bertz CT molecular complexity index is 669. The summed E-state index contributed by atoms with van der Waals surface area (Å²) >= 11 is 0. The molecule has 0 N–H and O–H groups in total. The van der Waals surface area contributed by atoms with Crippen molar-refractivity contribution >= 4 is 0 Å². The van der Waals surface area contributed by atoms with E-state index in [1.165, 1.54) is 12.1 Å². The third kappa shape index (κ3) is 2.07. The summed E-state index contributed by atoms with van der Waals surface area (Å²) in [6.07, 6.45) is 0.787. The van der Waals surface area contributed by atoms with Crippen LogP contribution in [0, 0.1) is 23.1 Å². The van der Waals surface area contributed by atoms with Crippen molar-refractivity contribution in [2.24, 2.45) is 5.92 Å². The predicted molar refractivity (Wildman–Crippen MR) is 69.3 cm³/mol. The largest absolute Gasteiger partial charge is 0.339 e. The van der Waals surface area contributed by atoms with E-state index >= 15 is 0 Å². The average Bonchev–Trinajstić information content (AvgIpc) is 3.05. The fourth-order valence-corrected chi connectivity index (χ4v) is 2.25. The molecule has 0 saturated heterocycles. The third-order valence-corrected chi connectivity index (χ3v) is 3.84. The molecule has 1 aromatic carbocycles. The van der Waals surface area contributed by atoms with Crippen LogP contribution in [-0.2, 0) is 5.41 Å². The van der Waals surface area contributed by atoms with E-state index in [2.05, 4.69) is 16.2 Å². The molecule has 1 fully saturated rings. The fraction of sp³-hybridized carbons (Fsp3) is 0.400. The van der Waals surface area contributed by atoms with Crippen LogP contribution in [0.15, 0.2) is 28.8 Å². The van der Waals surface area contributed by atoms with E-state index < -0.39 is 5.41 Å². The highest BCUT2D eigenvalue weighted by Gasteiger charge is 2.44. The Labute approximate surface area is 116 Å². The van der Waals surface area contributed by atoms with Gasteiger partial charge in [0.05, 0.1) is 23.3 Å². The van der Waals surface area contributed by atoms with Crippen LogP contribution in [0.25, 0.3) is 0 Å². The van der Waals surface area contributed by atoms with E-state index in [1.807, 2.05) is 13.8 Å². The molecule has 4 nitrogen and oxygen atoms in total. The minimum Gasteiger partial charge on any atom is -0.339 e. The Balaban J connectivity index is 1.88. The topological polar surface area (TPSA) is 62.7 Å². The zero-order valence-corrected chi connectivity index (χ0v) is 11.3. The van der Waals surface area contributed by atoms with E-state index in [0.717, 1.165) is 12.0 Å². The number of benzene rings is 1. The van der Waals surface area contributed by atoms with Crippen LogP contribution in [0.4, 0.5) is 4.39 Å². The highest BCUT2D eigenvalue weighted by Crippen LogP contribution is 2.46. The lowest BCUT2D eigenvalue weighted by molar-refractivity contribution is 0.365. The third-order valence-electron chi connectivity index (χ3n) is 3.84. The van der Waals surface area contributed by atoms with Gasteiger partial charge in [0.15, 0.2) is 5.82 Å². The molecular weight excluding hydrogens is 257 g/mol. The first-order valence-corrected chi connectivity index (χ1v) is 6.52. The molecule has 2 atom stereocenters. The molecule has 1 aromatic heterocycles. The maximum Gasteiger partial charge on any atom is 0.231 e. The van der Waals surface area contributed by atoms with E-state index in [-0.39, 0.29) is 17.7 Å². The van der Waals surface area contributed by atoms with Crippen molar-refractivity contribution in [1.29, 1.82) is 5.26 Å². The van der Waals surface area contributed by atoms with Gasteiger partial charge in [-0.2, -0.15) is 10.2 Å². The number of hydrogen-bond acceptors (Lipinski definition) is 4. The van der Waals surface area contributed by atoms with Gasteiger partial charge in [0.2, 0.25) is 5.89 Å². The summed E-state index contributed by atoms with van der Waals surface area (Å²) in [5, 5.41) is 12.9. The Morgan fingerprint density at radius 1 is 1.35 bits per heavy atom. The summed E-state index contributed by atoms with van der Waals surface area (Å²) in [6.45, 7) is 3.92. The molecule has 3 rings (SSSR count). The van der Waals surface area contributed by atoms with E-state index in [1.54, 1.807) is 12.1 Å². The number of hydrogen-bond donors (Lipinski definition) is 0. The van der Waals surface area contributed by atoms with Gasteiger partial charge in [-0.25, -0.2) is 4.39 Å². The number of nitriles is 1. The van der Waals surface area contributed by atoms with Gasteiger partial charge < -0.3 is 4.52 Å². The van der Waals surface area contributed by atoms with Crippen molar-refractivity contribution in [2.45, 2.75) is 31.6 Å². The van der Waals surface area contributed by atoms with Crippen LogP contribution >= 0.6 is 0 Å². The minimum atomic E-state index is -0.466. The first kappa shape index (κ1) is 12.8. The molecule has 1 aliphatic rings. The van der Waals surface area contributed by atoms with E-state index in [0.29, 0.717) is 11.7 Å². The lowest BCUT2D eigenvalue weighted by atomic mass is 9.84. The molecule has 0 aliphatic heterocycles. The predicted octanol–water partition coefficient (Wildman–Crippen LogP) is 3.16. The normalized spacial score (nSPS) is 21.5. The SMILES string of the molecule is CC(C)(c1ccc(F)cc1)c1noc(C2CC2C#N)n1. The summed E-state index contributed by atoms with van der Waals surface area (Å²) in [5.74, 6) is 0.889. The molecule has 2 aromatic rings. The highest BCUT2D eigenvalue weighted by molar-refractivity contribution is 5.31. The van der Waals surface area contributed by atoms with Crippen LogP contribution < -0.4 is 0 Å². The zero-order valence-electron chi connectivity index (χ0n) is 11.3.